The van der Waals surface area contributed by atoms with Crippen molar-refractivity contribution < 1.29 is 4.42 Å². The summed E-state index contributed by atoms with van der Waals surface area (Å²) < 4.78 is 9.66. The Morgan fingerprint density at radius 1 is 0.661 bits per heavy atom. The second-order valence-electron chi connectivity index (χ2n) is 18.5. The van der Waals surface area contributed by atoms with E-state index in [4.69, 9.17) is 4.42 Å². The van der Waals surface area contributed by atoms with Gasteiger partial charge < -0.3 is 14.3 Å². The topological polar surface area (TPSA) is 30.1 Å². The number of benzene rings is 7. The molecule has 0 saturated heterocycles. The van der Waals surface area contributed by atoms with E-state index in [-0.39, 0.29) is 10.8 Å². The summed E-state index contributed by atoms with van der Waals surface area (Å²) in [5.74, 6) is 0. The van der Waals surface area contributed by atoms with Crippen LogP contribution in [0, 0.1) is 0 Å². The molecule has 0 unspecified atom stereocenters. The Morgan fingerprint density at radius 3 is 2.12 bits per heavy atom. The molecule has 11 rings (SSSR count). The molecule has 7 aromatic carbocycles. The Labute approximate surface area is 348 Å². The maximum absolute atomic E-state index is 7.10. The van der Waals surface area contributed by atoms with Crippen LogP contribution in [0.15, 0.2) is 138 Å². The molecular weight excluding hydrogens is 715 g/mol. The summed E-state index contributed by atoms with van der Waals surface area (Å²) in [4.78, 5) is 0. The van der Waals surface area contributed by atoms with E-state index in [9.17, 15) is 0 Å². The molecule has 0 spiro atoms. The molecule has 0 amide bonds. The number of aromatic nitrogens is 1. The average Bonchev–Trinajstić information content (AvgIpc) is 3.78. The molecule has 3 heterocycles. The van der Waals surface area contributed by atoms with Crippen molar-refractivity contribution in [1.82, 2.24) is 4.57 Å². The van der Waals surface area contributed by atoms with Gasteiger partial charge in [0.1, 0.15) is 5.58 Å². The zero-order valence-corrected chi connectivity index (χ0v) is 34.9. The van der Waals surface area contributed by atoms with Gasteiger partial charge in [-0.3, -0.25) is 0 Å². The van der Waals surface area contributed by atoms with Crippen molar-refractivity contribution in [2.75, 3.05) is 5.32 Å². The number of fused-ring (bicyclic) bond motifs is 9. The standard InChI is InChI=1S/C55H50BN2O/c1-6-7-9-16-34-23-25-38(26-24-34)57-46-22-15-14-21-39(46)41-31-40(35-17-10-8-11-18-35)49-42-29-36-19-12-13-20-37(36)30-47(42)58-51-43-32-44-45(55(4,5)28-27-54(44,2)3)33-48(43)59-53(51)56-50(41)52(49)58/h8,10-15,17-26,29-33,57H,6-7,9,16,27-28H2,1-5H3. The fourth-order valence-electron chi connectivity index (χ4n) is 10.3. The molecular formula is C55H50BN2O. The normalized spacial score (nSPS) is 15.1. The van der Waals surface area contributed by atoms with Crippen LogP contribution in [-0.4, -0.2) is 11.8 Å². The highest BCUT2D eigenvalue weighted by molar-refractivity contribution is 6.73. The molecule has 0 saturated carbocycles. The minimum atomic E-state index is 0.0729. The Balaban J connectivity index is 1.20. The molecule has 1 aliphatic heterocycles. The lowest BCUT2D eigenvalue weighted by Crippen LogP contribution is -2.36. The Kier molecular flexibility index (Phi) is 8.28. The second kappa shape index (κ2) is 13.5. The van der Waals surface area contributed by atoms with E-state index in [1.807, 2.05) is 0 Å². The van der Waals surface area contributed by atoms with Gasteiger partial charge in [0.15, 0.2) is 0 Å². The van der Waals surface area contributed by atoms with Crippen LogP contribution >= 0.6 is 0 Å². The number of para-hydroxylation sites is 1. The van der Waals surface area contributed by atoms with E-state index in [1.54, 1.807) is 0 Å². The number of anilines is 2. The predicted molar refractivity (Wildman–Crippen MR) is 252 cm³/mol. The fraction of sp³-hybridized carbons (Fsp3) is 0.236. The number of nitrogens with one attached hydrogen (secondary N) is 1. The molecule has 1 N–H and O–H groups in total. The maximum atomic E-state index is 7.10. The molecule has 1 radical (unpaired) electrons. The summed E-state index contributed by atoms with van der Waals surface area (Å²) in [6.07, 6.45) is 7.19. The minimum Gasteiger partial charge on any atom is -0.469 e. The molecule has 1 aliphatic carbocycles. The van der Waals surface area contributed by atoms with Crippen LogP contribution in [0.5, 0.6) is 0 Å². The zero-order valence-electron chi connectivity index (χ0n) is 34.9. The van der Waals surface area contributed by atoms with Gasteiger partial charge in [-0.2, -0.15) is 0 Å². The lowest BCUT2D eigenvalue weighted by atomic mass is 9.61. The van der Waals surface area contributed by atoms with Crippen LogP contribution in [0.1, 0.15) is 83.4 Å². The van der Waals surface area contributed by atoms with E-state index < -0.39 is 0 Å². The molecule has 9 aromatic rings. The highest BCUT2D eigenvalue weighted by Crippen LogP contribution is 2.49. The van der Waals surface area contributed by atoms with Crippen LogP contribution < -0.4 is 16.4 Å². The number of unbranched alkanes of at least 4 members (excludes halogenated alkanes) is 2. The van der Waals surface area contributed by atoms with Crippen molar-refractivity contribution in [2.45, 2.75) is 84.0 Å². The Hall–Kier alpha value is -6.00. The first kappa shape index (κ1) is 36.1. The van der Waals surface area contributed by atoms with Crippen molar-refractivity contribution in [1.29, 1.82) is 0 Å². The van der Waals surface area contributed by atoms with E-state index in [0.717, 1.165) is 53.1 Å². The second-order valence-corrected chi connectivity index (χ2v) is 18.5. The van der Waals surface area contributed by atoms with Gasteiger partial charge in [0.25, 0.3) is 0 Å². The predicted octanol–water partition coefficient (Wildman–Crippen LogP) is 13.8. The molecule has 59 heavy (non-hydrogen) atoms. The average molecular weight is 766 g/mol. The van der Waals surface area contributed by atoms with Gasteiger partial charge in [-0.05, 0) is 135 Å². The number of nitrogens with zero attached hydrogens (tertiary/aromatic N) is 1. The Morgan fingerprint density at radius 2 is 1.36 bits per heavy atom. The van der Waals surface area contributed by atoms with Gasteiger partial charge in [-0.15, -0.1) is 0 Å². The van der Waals surface area contributed by atoms with E-state index in [1.165, 1.54) is 96.1 Å². The summed E-state index contributed by atoms with van der Waals surface area (Å²) >= 11 is 0. The van der Waals surface area contributed by atoms with Crippen LogP contribution in [0.25, 0.3) is 71.5 Å². The van der Waals surface area contributed by atoms with Crippen molar-refractivity contribution in [3.63, 3.8) is 0 Å². The van der Waals surface area contributed by atoms with Crippen LogP contribution in [0.4, 0.5) is 11.4 Å². The smallest absolute Gasteiger partial charge is 0.247 e. The monoisotopic (exact) mass is 765 g/mol. The quantitative estimate of drug-likeness (QED) is 0.123. The summed E-state index contributed by atoms with van der Waals surface area (Å²) in [6.45, 7) is 11.9. The number of hydrogen-bond acceptors (Lipinski definition) is 2. The van der Waals surface area contributed by atoms with Gasteiger partial charge in [-0.25, -0.2) is 0 Å². The maximum Gasteiger partial charge on any atom is 0.247 e. The van der Waals surface area contributed by atoms with Gasteiger partial charge >= 0.3 is 0 Å². The first-order valence-electron chi connectivity index (χ1n) is 21.7. The van der Waals surface area contributed by atoms with Gasteiger partial charge in [0.05, 0.1) is 16.9 Å². The first-order valence-corrected chi connectivity index (χ1v) is 21.7. The van der Waals surface area contributed by atoms with Crippen LogP contribution in [-0.2, 0) is 17.3 Å². The van der Waals surface area contributed by atoms with E-state index in [2.05, 4.69) is 185 Å². The van der Waals surface area contributed by atoms with Crippen LogP contribution in [0.2, 0.25) is 0 Å². The summed E-state index contributed by atoms with van der Waals surface area (Å²) in [5, 5.41) is 10.0. The van der Waals surface area contributed by atoms with E-state index >= 15 is 0 Å². The molecule has 3 nitrogen and oxygen atoms in total. The van der Waals surface area contributed by atoms with Gasteiger partial charge in [-0.1, -0.05) is 132 Å². The molecule has 0 bridgehead atoms. The molecule has 0 fully saturated rings. The number of hydrogen-bond donors (Lipinski definition) is 1. The van der Waals surface area contributed by atoms with Crippen molar-refractivity contribution >= 4 is 73.3 Å². The Bertz CT molecular complexity index is 3110. The first-order chi connectivity index (χ1) is 28.7. The van der Waals surface area contributed by atoms with Crippen LogP contribution in [0.3, 0.4) is 0 Å². The molecule has 4 heteroatoms. The third kappa shape index (κ3) is 5.78. The van der Waals surface area contributed by atoms with Crippen molar-refractivity contribution in [3.8, 4) is 27.9 Å². The number of furan rings is 1. The van der Waals surface area contributed by atoms with Gasteiger partial charge in [0, 0.05) is 38.6 Å². The SMILES string of the molecule is CCCCCc1ccc(Nc2ccccc2-c2cc(-c3ccccc3)c3c4cc5ccccc5cc4n4c3c2[B]c2oc3cc5c(cc3c2-4)C(C)(C)CCC5(C)C)cc1. The third-order valence-corrected chi connectivity index (χ3v) is 13.7. The van der Waals surface area contributed by atoms with Crippen molar-refractivity contribution in [3.05, 3.63) is 150 Å². The molecule has 0 atom stereocenters. The summed E-state index contributed by atoms with van der Waals surface area (Å²) in [5.41, 5.74) is 18.0. The number of aryl methyl sites for hydroxylation is 1. The molecule has 289 valence electrons. The fourth-order valence-corrected chi connectivity index (χ4v) is 10.3. The summed E-state index contributed by atoms with van der Waals surface area (Å²) in [7, 11) is 2.34. The highest BCUT2D eigenvalue weighted by atomic mass is 16.3. The lowest BCUT2D eigenvalue weighted by Gasteiger charge is -2.41. The zero-order chi connectivity index (χ0) is 40.0. The minimum absolute atomic E-state index is 0.0729. The number of rotatable bonds is 8. The largest absolute Gasteiger partial charge is 0.469 e. The lowest BCUT2D eigenvalue weighted by molar-refractivity contribution is 0.332. The van der Waals surface area contributed by atoms with E-state index in [0.29, 0.717) is 0 Å². The summed E-state index contributed by atoms with van der Waals surface area (Å²) in [6, 6.07) is 49.7. The van der Waals surface area contributed by atoms with Crippen molar-refractivity contribution in [2.24, 2.45) is 0 Å². The molecule has 2 aromatic heterocycles. The highest BCUT2D eigenvalue weighted by Gasteiger charge is 2.39. The third-order valence-electron chi connectivity index (χ3n) is 13.7. The van der Waals surface area contributed by atoms with Gasteiger partial charge in [0.2, 0.25) is 7.28 Å². The molecule has 2 aliphatic rings.